The van der Waals surface area contributed by atoms with Crippen LogP contribution in [0, 0.1) is 0 Å². The van der Waals surface area contributed by atoms with Crippen LogP contribution in [-0.2, 0) is 14.3 Å². The normalized spacial score (nSPS) is 12.7. The van der Waals surface area contributed by atoms with Crippen molar-refractivity contribution in [3.63, 3.8) is 0 Å². The molecule has 0 spiro atoms. The third-order valence-corrected chi connectivity index (χ3v) is 1.17. The molecule has 0 aliphatic heterocycles. The highest BCUT2D eigenvalue weighted by atomic mass is 32.1. The van der Waals surface area contributed by atoms with Crippen molar-refractivity contribution in [2.24, 2.45) is 0 Å². The van der Waals surface area contributed by atoms with Gasteiger partial charge in [0.05, 0.1) is 6.42 Å². The van der Waals surface area contributed by atoms with E-state index >= 15 is 0 Å². The minimum absolute atomic E-state index is 0.274. The van der Waals surface area contributed by atoms with Gasteiger partial charge < -0.3 is 9.47 Å². The summed E-state index contributed by atoms with van der Waals surface area (Å²) >= 11 is 3.87. The molecule has 10 heavy (non-hydrogen) atoms. The zero-order chi connectivity index (χ0) is 7.98. The Hall–Kier alpha value is -0.220. The summed E-state index contributed by atoms with van der Waals surface area (Å²) < 4.78 is 9.43. The van der Waals surface area contributed by atoms with E-state index in [1.54, 1.807) is 6.92 Å². The van der Waals surface area contributed by atoms with Crippen molar-refractivity contribution < 1.29 is 14.3 Å². The van der Waals surface area contributed by atoms with Crippen LogP contribution in [0.4, 0.5) is 0 Å². The average molecular weight is 164 g/mol. The van der Waals surface area contributed by atoms with Crippen molar-refractivity contribution in [3.05, 3.63) is 0 Å². The molecule has 1 unspecified atom stereocenters. The van der Waals surface area contributed by atoms with E-state index in [0.717, 1.165) is 0 Å². The minimum Gasteiger partial charge on any atom is -0.436 e. The minimum atomic E-state index is -0.451. The van der Waals surface area contributed by atoms with Gasteiger partial charge in [-0.3, -0.25) is 4.79 Å². The van der Waals surface area contributed by atoms with Crippen LogP contribution < -0.4 is 0 Å². The first-order valence-electron chi connectivity index (χ1n) is 3.04. The highest BCUT2D eigenvalue weighted by molar-refractivity contribution is 7.80. The van der Waals surface area contributed by atoms with Crippen molar-refractivity contribution in [2.45, 2.75) is 19.6 Å². The van der Waals surface area contributed by atoms with E-state index < -0.39 is 6.29 Å². The van der Waals surface area contributed by atoms with Crippen molar-refractivity contribution in [1.82, 2.24) is 0 Å². The quantitative estimate of drug-likeness (QED) is 0.380. The number of hydrogen-bond acceptors (Lipinski definition) is 4. The number of carbonyl (C=O) groups is 1. The van der Waals surface area contributed by atoms with Crippen LogP contribution in [0.3, 0.4) is 0 Å². The van der Waals surface area contributed by atoms with Gasteiger partial charge in [-0.1, -0.05) is 0 Å². The summed E-state index contributed by atoms with van der Waals surface area (Å²) in [5.74, 6) is 0.235. The average Bonchev–Trinajstić information content (AvgIpc) is 1.88. The number of rotatable bonds is 4. The Morgan fingerprint density at radius 3 is 2.70 bits per heavy atom. The maximum absolute atomic E-state index is 10.7. The fraction of sp³-hybridized carbons (Fsp3) is 0.833. The largest absolute Gasteiger partial charge is 0.436 e. The zero-order valence-corrected chi connectivity index (χ0v) is 7.06. The van der Waals surface area contributed by atoms with Crippen molar-refractivity contribution >= 4 is 18.6 Å². The number of methoxy groups -OCH3 is 1. The molecule has 0 amide bonds. The molecule has 0 heterocycles. The fourth-order valence-electron chi connectivity index (χ4n) is 0.383. The molecule has 0 rings (SSSR count). The molecule has 0 fully saturated rings. The smallest absolute Gasteiger partial charge is 0.308 e. The van der Waals surface area contributed by atoms with Gasteiger partial charge in [-0.15, -0.1) is 0 Å². The molecule has 0 saturated carbocycles. The first kappa shape index (κ1) is 9.78. The molecule has 0 radical (unpaired) electrons. The van der Waals surface area contributed by atoms with Gasteiger partial charge in [0.25, 0.3) is 0 Å². The van der Waals surface area contributed by atoms with Crippen molar-refractivity contribution in [3.8, 4) is 0 Å². The molecule has 60 valence electrons. The lowest BCUT2D eigenvalue weighted by Crippen LogP contribution is -2.16. The van der Waals surface area contributed by atoms with Gasteiger partial charge in [-0.05, 0) is 6.92 Å². The van der Waals surface area contributed by atoms with Gasteiger partial charge in [0.1, 0.15) is 0 Å². The standard InChI is InChI=1S/C6H12O3S/c1-5(8-2)9-6(7)3-4-10/h5,10H,3-4H2,1-2H3. The molecular weight excluding hydrogens is 152 g/mol. The predicted octanol–water partition coefficient (Wildman–Crippen LogP) is 0.842. The SMILES string of the molecule is COC(C)OC(=O)CCS. The summed E-state index contributed by atoms with van der Waals surface area (Å²) in [6, 6.07) is 0. The number of thiol groups is 1. The molecule has 0 aliphatic carbocycles. The van der Waals surface area contributed by atoms with Gasteiger partial charge in [-0.2, -0.15) is 12.6 Å². The fourth-order valence-corrected chi connectivity index (χ4v) is 0.566. The van der Waals surface area contributed by atoms with E-state index in [-0.39, 0.29) is 5.97 Å². The number of esters is 1. The summed E-state index contributed by atoms with van der Waals surface area (Å²) in [5.41, 5.74) is 0. The van der Waals surface area contributed by atoms with E-state index in [1.165, 1.54) is 7.11 Å². The molecule has 0 saturated heterocycles. The van der Waals surface area contributed by atoms with Crippen LogP contribution >= 0.6 is 12.6 Å². The lowest BCUT2D eigenvalue weighted by molar-refractivity contribution is -0.169. The summed E-state index contributed by atoms with van der Waals surface area (Å²) in [4.78, 5) is 10.7. The summed E-state index contributed by atoms with van der Waals surface area (Å²) in [6.07, 6.45) is -0.121. The van der Waals surface area contributed by atoms with Gasteiger partial charge in [0.2, 0.25) is 0 Å². The topological polar surface area (TPSA) is 35.5 Å². The van der Waals surface area contributed by atoms with Gasteiger partial charge in [0, 0.05) is 12.9 Å². The summed E-state index contributed by atoms with van der Waals surface area (Å²) in [6.45, 7) is 1.66. The Morgan fingerprint density at radius 2 is 2.30 bits per heavy atom. The maximum Gasteiger partial charge on any atom is 0.308 e. The first-order chi connectivity index (χ1) is 4.70. The molecule has 1 atom stereocenters. The van der Waals surface area contributed by atoms with Crippen LogP contribution in [0.5, 0.6) is 0 Å². The van der Waals surface area contributed by atoms with Gasteiger partial charge >= 0.3 is 5.97 Å². The Bertz CT molecular complexity index is 105. The number of carbonyl (C=O) groups excluding carboxylic acids is 1. The number of hydrogen-bond donors (Lipinski definition) is 1. The van der Waals surface area contributed by atoms with Crippen molar-refractivity contribution in [2.75, 3.05) is 12.9 Å². The molecule has 0 aromatic carbocycles. The van der Waals surface area contributed by atoms with Crippen LogP contribution in [0.2, 0.25) is 0 Å². The van der Waals surface area contributed by atoms with E-state index in [1.807, 2.05) is 0 Å². The van der Waals surface area contributed by atoms with E-state index in [0.29, 0.717) is 12.2 Å². The Morgan fingerprint density at radius 1 is 1.70 bits per heavy atom. The summed E-state index contributed by atoms with van der Waals surface area (Å²) in [7, 11) is 1.48. The van der Waals surface area contributed by atoms with Crippen LogP contribution in [0.15, 0.2) is 0 Å². The lowest BCUT2D eigenvalue weighted by Gasteiger charge is -2.09. The predicted molar refractivity (Wildman–Crippen MR) is 41.0 cm³/mol. The molecule has 0 N–H and O–H groups in total. The van der Waals surface area contributed by atoms with Crippen LogP contribution in [-0.4, -0.2) is 25.1 Å². The second-order valence-corrected chi connectivity index (χ2v) is 2.21. The Kier molecular flexibility index (Phi) is 5.43. The molecule has 0 aromatic rings. The van der Waals surface area contributed by atoms with Crippen molar-refractivity contribution in [1.29, 1.82) is 0 Å². The second kappa shape index (κ2) is 5.56. The highest BCUT2D eigenvalue weighted by Crippen LogP contribution is 1.95. The highest BCUT2D eigenvalue weighted by Gasteiger charge is 2.05. The molecule has 3 nitrogen and oxygen atoms in total. The third kappa shape index (κ3) is 4.64. The Labute approximate surface area is 66.1 Å². The molecule has 0 bridgehead atoms. The zero-order valence-electron chi connectivity index (χ0n) is 6.16. The lowest BCUT2D eigenvalue weighted by atomic mass is 10.5. The molecule has 4 heteroatoms. The monoisotopic (exact) mass is 164 g/mol. The number of ether oxygens (including phenoxy) is 2. The van der Waals surface area contributed by atoms with Crippen LogP contribution in [0.25, 0.3) is 0 Å². The van der Waals surface area contributed by atoms with Gasteiger partial charge in [-0.25, -0.2) is 0 Å². The Balaban J connectivity index is 3.37. The molecular formula is C6H12O3S. The molecule has 0 aromatic heterocycles. The van der Waals surface area contributed by atoms with E-state index in [4.69, 9.17) is 9.47 Å². The van der Waals surface area contributed by atoms with E-state index in [9.17, 15) is 4.79 Å². The van der Waals surface area contributed by atoms with E-state index in [2.05, 4.69) is 12.6 Å². The first-order valence-corrected chi connectivity index (χ1v) is 3.67. The summed E-state index contributed by atoms with van der Waals surface area (Å²) in [5, 5.41) is 0. The third-order valence-electron chi connectivity index (χ3n) is 0.945. The second-order valence-electron chi connectivity index (χ2n) is 1.77. The van der Waals surface area contributed by atoms with Crippen LogP contribution in [0.1, 0.15) is 13.3 Å². The maximum atomic E-state index is 10.7. The molecule has 0 aliphatic rings. The van der Waals surface area contributed by atoms with Gasteiger partial charge in [0.15, 0.2) is 6.29 Å².